The van der Waals surface area contributed by atoms with Gasteiger partial charge in [-0.3, -0.25) is 0 Å². The second-order valence-corrected chi connectivity index (χ2v) is 7.05. The average molecular weight is 342 g/mol. The molecular formula is C19H34O5. The van der Waals surface area contributed by atoms with E-state index in [0.29, 0.717) is 13.2 Å². The van der Waals surface area contributed by atoms with Gasteiger partial charge >= 0.3 is 6.16 Å². The molecule has 1 saturated heterocycles. The monoisotopic (exact) mass is 342 g/mol. The zero-order valence-corrected chi connectivity index (χ0v) is 15.2. The van der Waals surface area contributed by atoms with E-state index in [-0.39, 0.29) is 0 Å². The van der Waals surface area contributed by atoms with Crippen LogP contribution in [0.2, 0.25) is 0 Å². The highest BCUT2D eigenvalue weighted by Crippen LogP contribution is 2.34. The lowest BCUT2D eigenvalue weighted by Crippen LogP contribution is -2.22. The van der Waals surface area contributed by atoms with Gasteiger partial charge in [-0.05, 0) is 32.1 Å². The molecule has 1 aliphatic carbocycles. The molecule has 0 radical (unpaired) electrons. The SMILES string of the molecule is CCOC(=O)OC1(CCCCOCCC2CCCCCCC2)CO1. The van der Waals surface area contributed by atoms with Crippen LogP contribution < -0.4 is 0 Å². The lowest BCUT2D eigenvalue weighted by atomic mass is 9.89. The first kappa shape index (κ1) is 19.5. The van der Waals surface area contributed by atoms with Crippen LogP contribution in [0.4, 0.5) is 4.79 Å². The molecule has 0 N–H and O–H groups in total. The number of hydrogen-bond acceptors (Lipinski definition) is 5. The number of hydrogen-bond donors (Lipinski definition) is 0. The van der Waals surface area contributed by atoms with Gasteiger partial charge in [0.1, 0.15) is 6.61 Å². The van der Waals surface area contributed by atoms with E-state index < -0.39 is 11.9 Å². The Labute approximate surface area is 146 Å². The smallest absolute Gasteiger partial charge is 0.435 e. The third kappa shape index (κ3) is 7.84. The Kier molecular flexibility index (Phi) is 8.89. The summed E-state index contributed by atoms with van der Waals surface area (Å²) in [6.45, 7) is 4.22. The Morgan fingerprint density at radius 1 is 1.08 bits per heavy atom. The number of carbonyl (C=O) groups is 1. The summed E-state index contributed by atoms with van der Waals surface area (Å²) >= 11 is 0. The predicted octanol–water partition coefficient (Wildman–Crippen LogP) is 4.82. The maximum Gasteiger partial charge on any atom is 0.510 e. The van der Waals surface area contributed by atoms with Gasteiger partial charge in [0.25, 0.3) is 0 Å². The molecule has 1 unspecified atom stereocenters. The predicted molar refractivity (Wildman–Crippen MR) is 91.9 cm³/mol. The Balaban J connectivity index is 1.44. The van der Waals surface area contributed by atoms with Gasteiger partial charge in [0.2, 0.25) is 5.79 Å². The molecule has 24 heavy (non-hydrogen) atoms. The summed E-state index contributed by atoms with van der Waals surface area (Å²) in [6.07, 6.45) is 13.0. The van der Waals surface area contributed by atoms with Gasteiger partial charge in [-0.25, -0.2) is 4.79 Å². The Hall–Kier alpha value is -0.810. The van der Waals surface area contributed by atoms with Crippen LogP contribution in [0.15, 0.2) is 0 Å². The van der Waals surface area contributed by atoms with Crippen molar-refractivity contribution in [3.63, 3.8) is 0 Å². The molecular weight excluding hydrogens is 308 g/mol. The minimum Gasteiger partial charge on any atom is -0.435 e. The number of rotatable bonds is 10. The van der Waals surface area contributed by atoms with E-state index >= 15 is 0 Å². The third-order valence-electron chi connectivity index (χ3n) is 4.99. The van der Waals surface area contributed by atoms with E-state index in [9.17, 15) is 4.79 Å². The molecule has 0 bridgehead atoms. The number of epoxide rings is 1. The lowest BCUT2D eigenvalue weighted by molar-refractivity contribution is -0.0388. The highest BCUT2D eigenvalue weighted by Gasteiger charge is 2.49. The van der Waals surface area contributed by atoms with Crippen LogP contribution >= 0.6 is 0 Å². The second-order valence-electron chi connectivity index (χ2n) is 7.05. The van der Waals surface area contributed by atoms with Crippen LogP contribution in [0.1, 0.15) is 77.6 Å². The lowest BCUT2D eigenvalue weighted by Gasteiger charge is -2.19. The maximum atomic E-state index is 11.3. The van der Waals surface area contributed by atoms with Crippen molar-refractivity contribution in [2.75, 3.05) is 26.4 Å². The molecule has 1 aliphatic heterocycles. The first-order valence-corrected chi connectivity index (χ1v) is 9.81. The second kappa shape index (κ2) is 10.9. The Morgan fingerprint density at radius 3 is 2.46 bits per heavy atom. The van der Waals surface area contributed by atoms with Crippen molar-refractivity contribution in [2.24, 2.45) is 5.92 Å². The minimum atomic E-state index is -0.717. The van der Waals surface area contributed by atoms with Crippen molar-refractivity contribution in [1.29, 1.82) is 0 Å². The topological polar surface area (TPSA) is 57.3 Å². The standard InChI is InChI=1S/C19H34O5/c1-2-22-18(20)24-19(16-23-19)13-8-9-14-21-15-12-17-10-6-4-3-5-7-11-17/h17H,2-16H2,1H3. The van der Waals surface area contributed by atoms with Gasteiger partial charge in [0.05, 0.1) is 6.61 Å². The van der Waals surface area contributed by atoms with Gasteiger partial charge < -0.3 is 18.9 Å². The van der Waals surface area contributed by atoms with Crippen LogP contribution in [0.3, 0.4) is 0 Å². The highest BCUT2D eigenvalue weighted by atomic mass is 16.8. The molecule has 1 atom stereocenters. The molecule has 5 nitrogen and oxygen atoms in total. The Morgan fingerprint density at radius 2 is 1.79 bits per heavy atom. The summed E-state index contributed by atoms with van der Waals surface area (Å²) in [5.74, 6) is 0.150. The maximum absolute atomic E-state index is 11.3. The van der Waals surface area contributed by atoms with Gasteiger partial charge in [0.15, 0.2) is 0 Å². The number of ether oxygens (including phenoxy) is 4. The fourth-order valence-electron chi connectivity index (χ4n) is 3.41. The first-order chi connectivity index (χ1) is 11.7. The van der Waals surface area contributed by atoms with Crippen molar-refractivity contribution in [3.8, 4) is 0 Å². The van der Waals surface area contributed by atoms with Gasteiger partial charge in [0, 0.05) is 19.6 Å². The van der Waals surface area contributed by atoms with Crippen molar-refractivity contribution in [2.45, 2.75) is 83.3 Å². The molecule has 0 aromatic heterocycles. The normalized spacial score (nSPS) is 24.9. The van der Waals surface area contributed by atoms with E-state index in [4.69, 9.17) is 18.9 Å². The highest BCUT2D eigenvalue weighted by molar-refractivity contribution is 5.60. The average Bonchev–Trinajstić information content (AvgIpc) is 3.27. The fraction of sp³-hybridized carbons (Fsp3) is 0.947. The van der Waals surface area contributed by atoms with Crippen molar-refractivity contribution < 1.29 is 23.7 Å². The zero-order valence-electron chi connectivity index (χ0n) is 15.2. The summed E-state index contributed by atoms with van der Waals surface area (Å²) in [5.41, 5.74) is 0. The minimum absolute atomic E-state index is 0.323. The summed E-state index contributed by atoms with van der Waals surface area (Å²) < 4.78 is 21.0. The fourth-order valence-corrected chi connectivity index (χ4v) is 3.41. The largest absolute Gasteiger partial charge is 0.510 e. The van der Waals surface area contributed by atoms with Gasteiger partial charge in [-0.1, -0.05) is 44.9 Å². The molecule has 0 spiro atoms. The van der Waals surface area contributed by atoms with E-state index in [1.807, 2.05) is 0 Å². The first-order valence-electron chi connectivity index (χ1n) is 9.81. The van der Waals surface area contributed by atoms with Crippen LogP contribution in [-0.4, -0.2) is 38.4 Å². The van der Waals surface area contributed by atoms with E-state index in [0.717, 1.165) is 38.4 Å². The van der Waals surface area contributed by atoms with Crippen molar-refractivity contribution in [1.82, 2.24) is 0 Å². The van der Waals surface area contributed by atoms with Crippen molar-refractivity contribution >= 4 is 6.16 Å². The Bertz CT molecular complexity index is 346. The van der Waals surface area contributed by atoms with E-state index in [1.165, 1.54) is 51.4 Å². The molecule has 5 heteroatoms. The molecule has 0 aromatic rings. The van der Waals surface area contributed by atoms with Crippen LogP contribution in [0.25, 0.3) is 0 Å². The molecule has 1 heterocycles. The van der Waals surface area contributed by atoms with Crippen molar-refractivity contribution in [3.05, 3.63) is 0 Å². The molecule has 2 rings (SSSR count). The van der Waals surface area contributed by atoms with Gasteiger partial charge in [-0.2, -0.15) is 0 Å². The molecule has 2 fully saturated rings. The molecule has 0 aromatic carbocycles. The summed E-state index contributed by atoms with van der Waals surface area (Å²) in [6, 6.07) is 0. The molecule has 0 amide bonds. The zero-order chi connectivity index (χ0) is 17.1. The third-order valence-corrected chi connectivity index (χ3v) is 4.99. The van der Waals surface area contributed by atoms with Crippen LogP contribution in [0.5, 0.6) is 0 Å². The molecule has 140 valence electrons. The van der Waals surface area contributed by atoms with Crippen LogP contribution in [-0.2, 0) is 18.9 Å². The summed E-state index contributed by atoms with van der Waals surface area (Å²) in [7, 11) is 0. The summed E-state index contributed by atoms with van der Waals surface area (Å²) in [4.78, 5) is 11.3. The van der Waals surface area contributed by atoms with Gasteiger partial charge in [-0.15, -0.1) is 0 Å². The number of unbranched alkanes of at least 4 members (excludes halogenated alkanes) is 1. The van der Waals surface area contributed by atoms with E-state index in [1.54, 1.807) is 6.92 Å². The summed E-state index contributed by atoms with van der Waals surface area (Å²) in [5, 5.41) is 0. The van der Waals surface area contributed by atoms with E-state index in [2.05, 4.69) is 0 Å². The quantitative estimate of drug-likeness (QED) is 0.323. The molecule has 2 aliphatic rings. The number of carbonyl (C=O) groups excluding carboxylic acids is 1. The molecule has 1 saturated carbocycles. The van der Waals surface area contributed by atoms with Crippen LogP contribution in [0, 0.1) is 5.92 Å².